The molecular weight excluding hydrogens is 279 g/mol. The zero-order chi connectivity index (χ0) is 14.3. The maximum Gasteiger partial charge on any atom is 0.411 e. The van der Waals surface area contributed by atoms with Crippen LogP contribution in [0.15, 0.2) is 24.3 Å². The van der Waals surface area contributed by atoms with Gasteiger partial charge in [-0.15, -0.1) is 0 Å². The van der Waals surface area contributed by atoms with Crippen molar-refractivity contribution in [3.05, 3.63) is 34.9 Å². The van der Waals surface area contributed by atoms with E-state index in [1.54, 1.807) is 6.07 Å². The molecule has 0 heterocycles. The van der Waals surface area contributed by atoms with Crippen molar-refractivity contribution in [3.63, 3.8) is 0 Å². The largest absolute Gasteiger partial charge is 0.411 e. The third kappa shape index (κ3) is 6.80. The number of halogens is 4. The van der Waals surface area contributed by atoms with Crippen molar-refractivity contribution in [2.45, 2.75) is 25.6 Å². The molecule has 0 saturated carbocycles. The number of benzene rings is 1. The van der Waals surface area contributed by atoms with Crippen LogP contribution >= 0.6 is 11.6 Å². The van der Waals surface area contributed by atoms with Crippen LogP contribution in [0.2, 0.25) is 5.02 Å². The Morgan fingerprint density at radius 2 is 2.11 bits per heavy atom. The van der Waals surface area contributed by atoms with E-state index in [0.29, 0.717) is 11.6 Å². The van der Waals surface area contributed by atoms with E-state index in [-0.39, 0.29) is 12.6 Å². The van der Waals surface area contributed by atoms with Crippen LogP contribution in [-0.4, -0.2) is 25.9 Å². The summed E-state index contributed by atoms with van der Waals surface area (Å²) >= 11 is 5.90. The minimum absolute atomic E-state index is 0.0244. The Bertz CT molecular complexity index is 384. The van der Waals surface area contributed by atoms with E-state index in [0.717, 1.165) is 12.0 Å². The standard InChI is InChI=1S/C13H17ClF3NO/c1-2-12(10-4-3-5-11(14)8-10)18-6-7-19-9-13(15,16)17/h3-5,8,12,18H,2,6-7,9H2,1H3. The molecule has 0 amide bonds. The molecule has 0 saturated heterocycles. The molecule has 1 aromatic rings. The van der Waals surface area contributed by atoms with E-state index in [1.807, 2.05) is 25.1 Å². The minimum atomic E-state index is -4.27. The molecule has 1 unspecified atom stereocenters. The Labute approximate surface area is 115 Å². The lowest BCUT2D eigenvalue weighted by Crippen LogP contribution is -2.27. The summed E-state index contributed by atoms with van der Waals surface area (Å²) in [6.45, 7) is 1.18. The molecule has 1 N–H and O–H groups in total. The topological polar surface area (TPSA) is 21.3 Å². The third-order valence-electron chi connectivity index (χ3n) is 2.56. The van der Waals surface area contributed by atoms with Crippen LogP contribution in [0.3, 0.4) is 0 Å². The molecule has 0 radical (unpaired) electrons. The Morgan fingerprint density at radius 1 is 1.37 bits per heavy atom. The smallest absolute Gasteiger partial charge is 0.371 e. The van der Waals surface area contributed by atoms with Crippen molar-refractivity contribution >= 4 is 11.6 Å². The Balaban J connectivity index is 2.34. The molecule has 19 heavy (non-hydrogen) atoms. The number of nitrogens with one attached hydrogen (secondary N) is 1. The molecule has 2 nitrogen and oxygen atoms in total. The van der Waals surface area contributed by atoms with Crippen LogP contribution in [0.25, 0.3) is 0 Å². The van der Waals surface area contributed by atoms with E-state index in [1.165, 1.54) is 0 Å². The van der Waals surface area contributed by atoms with Crippen molar-refractivity contribution in [2.75, 3.05) is 19.8 Å². The van der Waals surface area contributed by atoms with Gasteiger partial charge in [0.05, 0.1) is 6.61 Å². The van der Waals surface area contributed by atoms with Crippen LogP contribution in [0.1, 0.15) is 24.9 Å². The van der Waals surface area contributed by atoms with Gasteiger partial charge < -0.3 is 10.1 Å². The number of rotatable bonds is 7. The van der Waals surface area contributed by atoms with Gasteiger partial charge >= 0.3 is 6.18 Å². The highest BCUT2D eigenvalue weighted by Crippen LogP contribution is 2.20. The van der Waals surface area contributed by atoms with Gasteiger partial charge in [-0.1, -0.05) is 30.7 Å². The molecule has 0 aliphatic heterocycles. The highest BCUT2D eigenvalue weighted by atomic mass is 35.5. The van der Waals surface area contributed by atoms with Gasteiger partial charge in [0.15, 0.2) is 0 Å². The predicted molar refractivity (Wildman–Crippen MR) is 69.4 cm³/mol. The van der Waals surface area contributed by atoms with Crippen molar-refractivity contribution in [1.82, 2.24) is 5.32 Å². The summed E-state index contributed by atoms with van der Waals surface area (Å²) in [6.07, 6.45) is -3.45. The quantitative estimate of drug-likeness (QED) is 0.769. The molecule has 0 aromatic heterocycles. The lowest BCUT2D eigenvalue weighted by molar-refractivity contribution is -0.173. The molecule has 0 bridgehead atoms. The summed E-state index contributed by atoms with van der Waals surface area (Å²) < 4.78 is 40.1. The summed E-state index contributed by atoms with van der Waals surface area (Å²) in [7, 11) is 0. The Hall–Kier alpha value is -0.780. The third-order valence-corrected chi connectivity index (χ3v) is 2.80. The van der Waals surface area contributed by atoms with Crippen LogP contribution in [0, 0.1) is 0 Å². The number of hydrogen-bond donors (Lipinski definition) is 1. The average Bonchev–Trinajstić information content (AvgIpc) is 2.32. The fourth-order valence-electron chi connectivity index (χ4n) is 1.71. The van der Waals surface area contributed by atoms with Gasteiger partial charge in [-0.05, 0) is 24.1 Å². The van der Waals surface area contributed by atoms with Gasteiger partial charge in [-0.2, -0.15) is 13.2 Å². The first-order chi connectivity index (χ1) is 8.92. The van der Waals surface area contributed by atoms with E-state index in [4.69, 9.17) is 11.6 Å². The summed E-state index contributed by atoms with van der Waals surface area (Å²) in [5.74, 6) is 0. The molecule has 108 valence electrons. The van der Waals surface area contributed by atoms with Crippen LogP contribution in [0.5, 0.6) is 0 Å². The summed E-state index contributed by atoms with van der Waals surface area (Å²) in [5, 5.41) is 3.79. The second-order valence-corrected chi connectivity index (χ2v) is 4.57. The monoisotopic (exact) mass is 295 g/mol. The molecule has 1 rings (SSSR count). The summed E-state index contributed by atoms with van der Waals surface area (Å²) in [4.78, 5) is 0. The van der Waals surface area contributed by atoms with Crippen LogP contribution < -0.4 is 5.32 Å². The second-order valence-electron chi connectivity index (χ2n) is 4.14. The molecule has 0 spiro atoms. The molecular formula is C13H17ClF3NO. The van der Waals surface area contributed by atoms with E-state index < -0.39 is 12.8 Å². The fraction of sp³-hybridized carbons (Fsp3) is 0.538. The van der Waals surface area contributed by atoms with Crippen molar-refractivity contribution in [1.29, 1.82) is 0 Å². The van der Waals surface area contributed by atoms with E-state index in [2.05, 4.69) is 10.1 Å². The molecule has 0 fully saturated rings. The molecule has 1 atom stereocenters. The summed E-state index contributed by atoms with van der Waals surface area (Å²) in [6, 6.07) is 7.48. The number of hydrogen-bond acceptors (Lipinski definition) is 2. The minimum Gasteiger partial charge on any atom is -0.371 e. The zero-order valence-electron chi connectivity index (χ0n) is 10.6. The van der Waals surface area contributed by atoms with Crippen LogP contribution in [0.4, 0.5) is 13.2 Å². The zero-order valence-corrected chi connectivity index (χ0v) is 11.4. The van der Waals surface area contributed by atoms with Gasteiger partial charge in [-0.3, -0.25) is 0 Å². The first-order valence-electron chi connectivity index (χ1n) is 6.05. The van der Waals surface area contributed by atoms with Gasteiger partial charge in [0.1, 0.15) is 6.61 Å². The second kappa shape index (κ2) is 7.72. The lowest BCUT2D eigenvalue weighted by Gasteiger charge is -2.18. The van der Waals surface area contributed by atoms with Gasteiger partial charge in [0.25, 0.3) is 0 Å². The Kier molecular flexibility index (Phi) is 6.62. The van der Waals surface area contributed by atoms with Crippen LogP contribution in [-0.2, 0) is 4.74 Å². The highest BCUT2D eigenvalue weighted by Gasteiger charge is 2.27. The number of ether oxygens (including phenoxy) is 1. The SMILES string of the molecule is CCC(NCCOCC(F)(F)F)c1cccc(Cl)c1. The summed E-state index contributed by atoms with van der Waals surface area (Å²) in [5.41, 5.74) is 1.02. The maximum atomic E-state index is 11.9. The van der Waals surface area contributed by atoms with Crippen molar-refractivity contribution in [2.24, 2.45) is 0 Å². The average molecular weight is 296 g/mol. The van der Waals surface area contributed by atoms with Gasteiger partial charge in [0, 0.05) is 17.6 Å². The first kappa shape index (κ1) is 16.3. The first-order valence-corrected chi connectivity index (χ1v) is 6.43. The number of alkyl halides is 3. The van der Waals surface area contributed by atoms with Gasteiger partial charge in [0.2, 0.25) is 0 Å². The normalized spacial score (nSPS) is 13.5. The highest BCUT2D eigenvalue weighted by molar-refractivity contribution is 6.30. The maximum absolute atomic E-state index is 11.9. The Morgan fingerprint density at radius 3 is 2.68 bits per heavy atom. The molecule has 1 aromatic carbocycles. The lowest BCUT2D eigenvalue weighted by atomic mass is 10.0. The van der Waals surface area contributed by atoms with Crippen molar-refractivity contribution < 1.29 is 17.9 Å². The molecule has 0 aliphatic carbocycles. The van der Waals surface area contributed by atoms with E-state index in [9.17, 15) is 13.2 Å². The fourth-order valence-corrected chi connectivity index (χ4v) is 1.91. The molecule has 0 aliphatic rings. The van der Waals surface area contributed by atoms with E-state index >= 15 is 0 Å². The molecule has 6 heteroatoms. The van der Waals surface area contributed by atoms with Crippen molar-refractivity contribution in [3.8, 4) is 0 Å². The predicted octanol–water partition coefficient (Wildman–Crippen LogP) is 3.96. The van der Waals surface area contributed by atoms with Gasteiger partial charge in [-0.25, -0.2) is 0 Å².